The summed E-state index contributed by atoms with van der Waals surface area (Å²) in [5.41, 5.74) is 1.83. The van der Waals surface area contributed by atoms with Gasteiger partial charge in [0.2, 0.25) is 0 Å². The fourth-order valence-electron chi connectivity index (χ4n) is 2.35. The number of thioether (sulfide) groups is 1. The van der Waals surface area contributed by atoms with E-state index in [1.165, 1.54) is 18.2 Å². The molecule has 9 heteroatoms. The van der Waals surface area contributed by atoms with Crippen molar-refractivity contribution in [3.05, 3.63) is 68.1 Å². The number of nitrogens with one attached hydrogen (secondary N) is 1. The van der Waals surface area contributed by atoms with Crippen molar-refractivity contribution in [2.75, 3.05) is 19.0 Å². The van der Waals surface area contributed by atoms with Gasteiger partial charge in [0, 0.05) is 30.9 Å². The molecule has 2 aromatic carbocycles. The van der Waals surface area contributed by atoms with Crippen molar-refractivity contribution in [2.24, 2.45) is 4.99 Å². The first-order valence-corrected chi connectivity index (χ1v) is 9.04. The average Bonchev–Trinajstić information content (AvgIpc) is 2.96. The molecule has 0 bridgehead atoms. The van der Waals surface area contributed by atoms with E-state index in [2.05, 4.69) is 10.3 Å². The molecule has 27 heavy (non-hydrogen) atoms. The number of amidine groups is 1. The summed E-state index contributed by atoms with van der Waals surface area (Å²) in [6, 6.07) is 11.9. The molecule has 1 amide bonds. The number of aliphatic imine (C=N–C) groups is 1. The predicted octanol–water partition coefficient (Wildman–Crippen LogP) is 4.21. The van der Waals surface area contributed by atoms with Crippen molar-refractivity contribution in [3.63, 3.8) is 0 Å². The minimum absolute atomic E-state index is 0.129. The molecule has 0 radical (unpaired) electrons. The molecule has 0 aliphatic carbocycles. The topological polar surface area (TPSA) is 87.8 Å². The van der Waals surface area contributed by atoms with Gasteiger partial charge in [-0.3, -0.25) is 14.9 Å². The molecule has 0 saturated carbocycles. The first kappa shape index (κ1) is 18.9. The molecule has 3 rings (SSSR count). The van der Waals surface area contributed by atoms with E-state index in [0.717, 1.165) is 23.0 Å². The van der Waals surface area contributed by atoms with E-state index >= 15 is 0 Å². The third-order valence-corrected chi connectivity index (χ3v) is 4.86. The second kappa shape index (κ2) is 7.81. The molecule has 2 aromatic rings. The van der Waals surface area contributed by atoms with Gasteiger partial charge in [-0.15, -0.1) is 0 Å². The lowest BCUT2D eigenvalue weighted by molar-refractivity contribution is -0.384. The van der Waals surface area contributed by atoms with E-state index in [-0.39, 0.29) is 27.5 Å². The van der Waals surface area contributed by atoms with E-state index in [1.54, 1.807) is 6.08 Å². The van der Waals surface area contributed by atoms with Gasteiger partial charge in [0.05, 0.1) is 9.83 Å². The smallest absolute Gasteiger partial charge is 0.296 e. The van der Waals surface area contributed by atoms with Gasteiger partial charge in [-0.25, -0.2) is 4.99 Å². The molecular formula is C18H15ClN4O3S. The highest BCUT2D eigenvalue weighted by atomic mass is 35.5. The number of nitrogens with zero attached hydrogens (tertiary/aromatic N) is 3. The molecular weight excluding hydrogens is 388 g/mol. The molecule has 7 nitrogen and oxygen atoms in total. The van der Waals surface area contributed by atoms with Gasteiger partial charge in [0.15, 0.2) is 5.17 Å². The van der Waals surface area contributed by atoms with E-state index in [1.807, 2.05) is 43.3 Å². The Morgan fingerprint density at radius 1 is 1.22 bits per heavy atom. The third kappa shape index (κ3) is 4.47. The van der Waals surface area contributed by atoms with Crippen LogP contribution in [0, 0.1) is 10.1 Å². The molecule has 1 fully saturated rings. The lowest BCUT2D eigenvalue weighted by Gasteiger charge is -2.11. The van der Waals surface area contributed by atoms with Crippen LogP contribution in [-0.4, -0.2) is 30.1 Å². The fourth-order valence-corrected chi connectivity index (χ4v) is 3.35. The number of anilines is 1. The molecule has 1 saturated heterocycles. The molecule has 138 valence electrons. The van der Waals surface area contributed by atoms with E-state index in [0.29, 0.717) is 4.91 Å². The number of carbonyl (C=O) groups excluding carboxylic acids is 1. The van der Waals surface area contributed by atoms with Crippen LogP contribution in [0.15, 0.2) is 52.4 Å². The maximum Gasteiger partial charge on any atom is 0.296 e. The number of nitro benzene ring substituents is 1. The highest BCUT2D eigenvalue weighted by Crippen LogP contribution is 2.33. The van der Waals surface area contributed by atoms with Gasteiger partial charge in [-0.05, 0) is 47.7 Å². The Kier molecular flexibility index (Phi) is 5.48. The van der Waals surface area contributed by atoms with Crippen molar-refractivity contribution in [3.8, 4) is 0 Å². The summed E-state index contributed by atoms with van der Waals surface area (Å²) >= 11 is 6.93. The number of hydrogen-bond acceptors (Lipinski definition) is 6. The molecule has 0 unspecified atom stereocenters. The zero-order chi connectivity index (χ0) is 19.6. The van der Waals surface area contributed by atoms with Crippen LogP contribution in [0.1, 0.15) is 5.56 Å². The molecule has 1 heterocycles. The van der Waals surface area contributed by atoms with Gasteiger partial charge >= 0.3 is 0 Å². The fraction of sp³-hybridized carbons (Fsp3) is 0.111. The summed E-state index contributed by atoms with van der Waals surface area (Å²) in [5, 5.41) is 14.3. The van der Waals surface area contributed by atoms with E-state index < -0.39 is 4.92 Å². The minimum Gasteiger partial charge on any atom is -0.378 e. The van der Waals surface area contributed by atoms with Gasteiger partial charge in [0.25, 0.3) is 11.6 Å². The maximum atomic E-state index is 12.2. The summed E-state index contributed by atoms with van der Waals surface area (Å²) in [6.45, 7) is 0. The Balaban J connectivity index is 1.85. The third-order valence-electron chi connectivity index (χ3n) is 3.71. The number of hydrogen-bond donors (Lipinski definition) is 1. The van der Waals surface area contributed by atoms with Crippen LogP contribution in [0.4, 0.5) is 17.1 Å². The molecule has 0 aromatic heterocycles. The number of benzene rings is 2. The largest absolute Gasteiger partial charge is 0.378 e. The minimum atomic E-state index is -0.560. The number of carbonyl (C=O) groups is 1. The van der Waals surface area contributed by atoms with Crippen LogP contribution in [0.2, 0.25) is 5.02 Å². The van der Waals surface area contributed by atoms with Crippen molar-refractivity contribution in [1.82, 2.24) is 5.32 Å². The Hall–Kier alpha value is -2.84. The standard InChI is InChI=1S/C18H15ClN4O3S/c1-22(2)13-6-3-11(4-7-13)9-16-17(24)21-18(27-16)20-14-8-5-12(19)10-15(14)23(25)26/h3-10H,1-2H3,(H,20,21,24)/b16-9+. The normalized spacial score (nSPS) is 16.6. The first-order chi connectivity index (χ1) is 12.8. The van der Waals surface area contributed by atoms with Crippen LogP contribution >= 0.6 is 23.4 Å². The van der Waals surface area contributed by atoms with Crippen LogP contribution < -0.4 is 10.2 Å². The maximum absolute atomic E-state index is 12.2. The quantitative estimate of drug-likeness (QED) is 0.470. The van der Waals surface area contributed by atoms with Crippen molar-refractivity contribution in [1.29, 1.82) is 0 Å². The summed E-state index contributed by atoms with van der Waals surface area (Å²) in [5.74, 6) is -0.299. The monoisotopic (exact) mass is 402 g/mol. The van der Waals surface area contributed by atoms with Crippen molar-refractivity contribution >= 4 is 57.6 Å². The van der Waals surface area contributed by atoms with Gasteiger partial charge < -0.3 is 10.2 Å². The Morgan fingerprint density at radius 3 is 2.56 bits per heavy atom. The van der Waals surface area contributed by atoms with Gasteiger partial charge in [0.1, 0.15) is 5.69 Å². The Labute approximate surface area is 164 Å². The van der Waals surface area contributed by atoms with Crippen molar-refractivity contribution < 1.29 is 9.72 Å². The second-order valence-electron chi connectivity index (χ2n) is 5.86. The highest BCUT2D eigenvalue weighted by molar-refractivity contribution is 8.18. The van der Waals surface area contributed by atoms with Gasteiger partial charge in [-0.2, -0.15) is 0 Å². The first-order valence-electron chi connectivity index (χ1n) is 7.84. The second-order valence-corrected chi connectivity index (χ2v) is 7.32. The molecule has 0 spiro atoms. The Morgan fingerprint density at radius 2 is 1.93 bits per heavy atom. The van der Waals surface area contributed by atoms with Crippen LogP contribution in [0.3, 0.4) is 0 Å². The van der Waals surface area contributed by atoms with E-state index in [4.69, 9.17) is 11.6 Å². The summed E-state index contributed by atoms with van der Waals surface area (Å²) in [4.78, 5) is 29.4. The summed E-state index contributed by atoms with van der Waals surface area (Å²) in [7, 11) is 3.90. The lowest BCUT2D eigenvalue weighted by atomic mass is 10.2. The number of halogens is 1. The number of rotatable bonds is 4. The van der Waals surface area contributed by atoms with Crippen LogP contribution in [-0.2, 0) is 4.79 Å². The molecule has 1 N–H and O–H groups in total. The highest BCUT2D eigenvalue weighted by Gasteiger charge is 2.25. The lowest BCUT2D eigenvalue weighted by Crippen LogP contribution is -2.19. The number of nitro groups is 1. The predicted molar refractivity (Wildman–Crippen MR) is 110 cm³/mol. The summed E-state index contributed by atoms with van der Waals surface area (Å²) < 4.78 is 0. The average molecular weight is 403 g/mol. The van der Waals surface area contributed by atoms with E-state index in [9.17, 15) is 14.9 Å². The molecule has 0 atom stereocenters. The number of amides is 1. The zero-order valence-corrected chi connectivity index (χ0v) is 16.0. The van der Waals surface area contributed by atoms with Crippen LogP contribution in [0.25, 0.3) is 6.08 Å². The summed E-state index contributed by atoms with van der Waals surface area (Å²) in [6.07, 6.45) is 1.75. The molecule has 1 aliphatic rings. The van der Waals surface area contributed by atoms with Crippen molar-refractivity contribution in [2.45, 2.75) is 0 Å². The van der Waals surface area contributed by atoms with Gasteiger partial charge in [-0.1, -0.05) is 23.7 Å². The SMILES string of the molecule is CN(C)c1ccc(/C=C2/SC(=Nc3ccc(Cl)cc3[N+](=O)[O-])NC2=O)cc1. The Bertz CT molecular complexity index is 971. The van der Waals surface area contributed by atoms with Crippen LogP contribution in [0.5, 0.6) is 0 Å². The molecule has 1 aliphatic heterocycles. The zero-order valence-electron chi connectivity index (χ0n) is 14.5.